The van der Waals surface area contributed by atoms with Gasteiger partial charge in [-0.3, -0.25) is 20.2 Å². The van der Waals surface area contributed by atoms with Crippen LogP contribution in [0.15, 0.2) is 30.5 Å². The van der Waals surface area contributed by atoms with E-state index in [0.717, 1.165) is 16.7 Å². The molecule has 2 heterocycles. The largest absolute Gasteiger partial charge is 0.424 e. The highest BCUT2D eigenvalue weighted by Crippen LogP contribution is 2.41. The maximum atomic E-state index is 12.9. The summed E-state index contributed by atoms with van der Waals surface area (Å²) in [6.07, 6.45) is 0.819. The molecular formula is C21H23ClN2O7. The first-order chi connectivity index (χ1) is 14.9. The average Bonchev–Trinajstić information content (AvgIpc) is 3.34. The molecule has 0 spiro atoms. The summed E-state index contributed by atoms with van der Waals surface area (Å²) in [6.45, 7) is 2.06. The molecule has 1 aliphatic carbocycles. The smallest absolute Gasteiger partial charge is 0.314 e. The molecule has 4 atom stereocenters. The maximum absolute atomic E-state index is 12.9. The van der Waals surface area contributed by atoms with Crippen molar-refractivity contribution < 1.29 is 34.3 Å². The van der Waals surface area contributed by atoms with Crippen LogP contribution in [0.5, 0.6) is 5.75 Å². The molecule has 0 saturated heterocycles. The minimum Gasteiger partial charge on any atom is -0.424 e. The molecule has 1 aromatic carbocycles. The fourth-order valence-electron chi connectivity index (χ4n) is 4.15. The zero-order chi connectivity index (χ0) is 22.1. The SMILES string of the molecule is CO[C@@H]1CC(C(=O)Oc2c(C)ncc3c2CO[C@H]3c2ccc(Cl)cc2)CC1ON(O)O. The third-order valence-corrected chi connectivity index (χ3v) is 5.97. The Morgan fingerprint density at radius 3 is 2.61 bits per heavy atom. The summed E-state index contributed by atoms with van der Waals surface area (Å²) in [4.78, 5) is 22.2. The number of pyridine rings is 1. The number of carbonyl (C=O) groups excluding carboxylic acids is 1. The second kappa shape index (κ2) is 9.17. The highest BCUT2D eigenvalue weighted by atomic mass is 35.5. The molecule has 0 bridgehead atoms. The monoisotopic (exact) mass is 450 g/mol. The van der Waals surface area contributed by atoms with Gasteiger partial charge in [0.2, 0.25) is 0 Å². The van der Waals surface area contributed by atoms with Gasteiger partial charge in [0.15, 0.2) is 5.75 Å². The number of nitrogens with zero attached hydrogens (tertiary/aromatic N) is 2. The molecule has 9 nitrogen and oxygen atoms in total. The number of hydrogen-bond acceptors (Lipinski definition) is 9. The van der Waals surface area contributed by atoms with Gasteiger partial charge in [-0.15, -0.1) is 0 Å². The van der Waals surface area contributed by atoms with E-state index in [1.165, 1.54) is 7.11 Å². The Balaban J connectivity index is 1.53. The van der Waals surface area contributed by atoms with Gasteiger partial charge in [0.25, 0.3) is 0 Å². The number of methoxy groups -OCH3 is 1. The zero-order valence-electron chi connectivity index (χ0n) is 17.0. The number of rotatable bonds is 6. The Morgan fingerprint density at radius 1 is 1.23 bits per heavy atom. The maximum Gasteiger partial charge on any atom is 0.314 e. The Labute approximate surface area is 183 Å². The van der Waals surface area contributed by atoms with Crippen molar-refractivity contribution in [2.75, 3.05) is 7.11 Å². The van der Waals surface area contributed by atoms with E-state index in [4.69, 9.17) is 41.1 Å². The average molecular weight is 451 g/mol. The third kappa shape index (κ3) is 4.58. The Hall–Kier alpha value is -2.11. The minimum atomic E-state index is -0.684. The Morgan fingerprint density at radius 2 is 1.94 bits per heavy atom. The number of benzene rings is 1. The summed E-state index contributed by atoms with van der Waals surface area (Å²) < 4.78 is 17.0. The fourth-order valence-corrected chi connectivity index (χ4v) is 4.28. The van der Waals surface area contributed by atoms with Crippen LogP contribution in [0.2, 0.25) is 5.02 Å². The molecule has 31 heavy (non-hydrogen) atoms. The lowest BCUT2D eigenvalue weighted by atomic mass is 10.00. The van der Waals surface area contributed by atoms with Crippen molar-refractivity contribution in [3.63, 3.8) is 0 Å². The summed E-state index contributed by atoms with van der Waals surface area (Å²) >= 11 is 5.98. The van der Waals surface area contributed by atoms with E-state index < -0.39 is 24.1 Å². The van der Waals surface area contributed by atoms with Crippen LogP contribution in [0.25, 0.3) is 0 Å². The van der Waals surface area contributed by atoms with Crippen molar-refractivity contribution in [1.82, 2.24) is 10.4 Å². The van der Waals surface area contributed by atoms with Crippen LogP contribution in [0.4, 0.5) is 0 Å². The second-order valence-corrected chi connectivity index (χ2v) is 8.05. The van der Waals surface area contributed by atoms with Crippen LogP contribution in [-0.4, -0.2) is 46.1 Å². The number of fused-ring (bicyclic) bond motifs is 1. The summed E-state index contributed by atoms with van der Waals surface area (Å²) in [6, 6.07) is 7.38. The number of hydrogen-bond donors (Lipinski definition) is 2. The number of aromatic nitrogens is 1. The van der Waals surface area contributed by atoms with Gasteiger partial charge in [-0.05, 0) is 37.5 Å². The highest BCUT2D eigenvalue weighted by molar-refractivity contribution is 6.30. The molecule has 2 aliphatic rings. The van der Waals surface area contributed by atoms with E-state index in [2.05, 4.69) is 4.98 Å². The first-order valence-electron chi connectivity index (χ1n) is 9.82. The minimum absolute atomic E-state index is 0.223. The van der Waals surface area contributed by atoms with Crippen molar-refractivity contribution in [1.29, 1.82) is 0 Å². The standard InChI is InChI=1S/C21H23ClN2O7/c1-11-19(30-21(25)13-7-17(28-2)18(8-13)31-24(26)27)16-10-29-20(15(16)9-23-11)12-3-5-14(22)6-4-12/h3-6,9,13,17-18,20,26-27H,7-8,10H2,1-2H3/t13?,17-,18?,20+/m1/s1. The lowest BCUT2D eigenvalue weighted by Crippen LogP contribution is -2.31. The van der Waals surface area contributed by atoms with Crippen molar-refractivity contribution in [3.05, 3.63) is 57.9 Å². The normalized spacial score (nSPS) is 25.1. The highest BCUT2D eigenvalue weighted by Gasteiger charge is 2.42. The van der Waals surface area contributed by atoms with Crippen molar-refractivity contribution in [2.45, 2.75) is 44.7 Å². The van der Waals surface area contributed by atoms with Crippen LogP contribution in [0, 0.1) is 12.8 Å². The zero-order valence-corrected chi connectivity index (χ0v) is 17.8. The van der Waals surface area contributed by atoms with Crippen molar-refractivity contribution in [2.24, 2.45) is 5.92 Å². The molecule has 166 valence electrons. The molecule has 1 saturated carbocycles. The summed E-state index contributed by atoms with van der Waals surface area (Å²) in [5.74, 6) is -0.591. The molecule has 0 radical (unpaired) electrons. The van der Waals surface area contributed by atoms with Crippen LogP contribution < -0.4 is 4.74 Å². The number of aryl methyl sites for hydroxylation is 1. The molecule has 4 rings (SSSR count). The summed E-state index contributed by atoms with van der Waals surface area (Å²) in [5, 5.41) is 18.1. The van der Waals surface area contributed by atoms with Gasteiger partial charge in [0.05, 0.1) is 29.7 Å². The molecule has 1 aromatic heterocycles. The Kier molecular flexibility index (Phi) is 6.54. The number of carbonyl (C=O) groups is 1. The molecule has 10 heteroatoms. The summed E-state index contributed by atoms with van der Waals surface area (Å²) in [5.41, 5.74) is 3.14. The molecule has 1 aliphatic heterocycles. The third-order valence-electron chi connectivity index (χ3n) is 5.71. The molecule has 2 unspecified atom stereocenters. The van der Waals surface area contributed by atoms with E-state index in [1.807, 2.05) is 12.1 Å². The van der Waals surface area contributed by atoms with Gasteiger partial charge in [-0.2, -0.15) is 0 Å². The van der Waals surface area contributed by atoms with Crippen LogP contribution in [-0.2, 0) is 25.7 Å². The predicted molar refractivity (Wildman–Crippen MR) is 106 cm³/mol. The van der Waals surface area contributed by atoms with Crippen LogP contribution in [0.3, 0.4) is 0 Å². The Bertz CT molecular complexity index is 953. The molecule has 1 fully saturated rings. The predicted octanol–water partition coefficient (Wildman–Crippen LogP) is 3.37. The molecule has 2 N–H and O–H groups in total. The molecule has 0 amide bonds. The number of ether oxygens (including phenoxy) is 3. The molecule has 2 aromatic rings. The topological polar surface area (TPSA) is 111 Å². The van der Waals surface area contributed by atoms with Gasteiger partial charge in [0, 0.05) is 29.5 Å². The van der Waals surface area contributed by atoms with Gasteiger partial charge in [-0.25, -0.2) is 4.84 Å². The van der Waals surface area contributed by atoms with E-state index in [9.17, 15) is 4.79 Å². The first kappa shape index (κ1) is 22.1. The van der Waals surface area contributed by atoms with Gasteiger partial charge >= 0.3 is 5.97 Å². The van der Waals surface area contributed by atoms with Gasteiger partial charge < -0.3 is 14.2 Å². The van der Waals surface area contributed by atoms with Crippen molar-refractivity contribution >= 4 is 17.6 Å². The van der Waals surface area contributed by atoms with E-state index in [0.29, 0.717) is 22.9 Å². The van der Waals surface area contributed by atoms with Crippen molar-refractivity contribution in [3.8, 4) is 5.75 Å². The lowest BCUT2D eigenvalue weighted by Gasteiger charge is -2.18. The van der Waals surface area contributed by atoms with E-state index >= 15 is 0 Å². The molecular weight excluding hydrogens is 428 g/mol. The number of esters is 1. The number of halogens is 1. The second-order valence-electron chi connectivity index (χ2n) is 7.61. The lowest BCUT2D eigenvalue weighted by molar-refractivity contribution is -0.507. The quantitative estimate of drug-likeness (QED) is 0.505. The van der Waals surface area contributed by atoms with E-state index in [1.54, 1.807) is 25.3 Å². The van der Waals surface area contributed by atoms with Crippen LogP contribution >= 0.6 is 11.6 Å². The first-order valence-corrected chi connectivity index (χ1v) is 10.2. The van der Waals surface area contributed by atoms with Gasteiger partial charge in [0.1, 0.15) is 12.2 Å². The van der Waals surface area contributed by atoms with Crippen LogP contribution in [0.1, 0.15) is 41.3 Å². The van der Waals surface area contributed by atoms with E-state index in [-0.39, 0.29) is 24.5 Å². The fraction of sp³-hybridized carbons (Fsp3) is 0.429. The summed E-state index contributed by atoms with van der Waals surface area (Å²) in [7, 11) is 1.47. The van der Waals surface area contributed by atoms with Gasteiger partial charge in [-0.1, -0.05) is 23.7 Å².